The Morgan fingerprint density at radius 1 is 1.31 bits per heavy atom. The molecule has 0 aliphatic carbocycles. The van der Waals surface area contributed by atoms with Crippen LogP contribution in [-0.2, 0) is 15.8 Å². The van der Waals surface area contributed by atoms with Crippen molar-refractivity contribution < 1.29 is 65.6 Å². The van der Waals surface area contributed by atoms with E-state index >= 15 is 0 Å². The standard InChI is InChI=1S/C7H8FNO2S.K.H/c8-7-3-1-6(2-4-7)5-12(9,10)11;;/h1-4H,5H2,(H2,9,10,11);;/q;+1;-1. The number of halogens is 1. The molecule has 0 spiro atoms. The Bertz CT molecular complexity index is 368. The van der Waals surface area contributed by atoms with Crippen molar-refractivity contribution in [1.82, 2.24) is 0 Å². The maximum atomic E-state index is 12.3. The summed E-state index contributed by atoms with van der Waals surface area (Å²) in [5.74, 6) is -0.652. The van der Waals surface area contributed by atoms with Gasteiger partial charge in [0.15, 0.2) is 0 Å². The van der Waals surface area contributed by atoms with E-state index in [0.717, 1.165) is 0 Å². The Morgan fingerprint density at radius 2 is 1.77 bits per heavy atom. The van der Waals surface area contributed by atoms with Crippen LogP contribution >= 0.6 is 0 Å². The van der Waals surface area contributed by atoms with Gasteiger partial charge >= 0.3 is 51.4 Å². The molecule has 1 aromatic carbocycles. The molecule has 2 N–H and O–H groups in total. The van der Waals surface area contributed by atoms with Gasteiger partial charge in [0.05, 0.1) is 5.75 Å². The van der Waals surface area contributed by atoms with E-state index < -0.39 is 15.8 Å². The Morgan fingerprint density at radius 3 is 2.15 bits per heavy atom. The van der Waals surface area contributed by atoms with Crippen molar-refractivity contribution in [2.75, 3.05) is 0 Å². The summed E-state index contributed by atoms with van der Waals surface area (Å²) in [5, 5.41) is 4.78. The molecule has 13 heavy (non-hydrogen) atoms. The van der Waals surface area contributed by atoms with Crippen molar-refractivity contribution in [3.8, 4) is 0 Å². The third-order valence-electron chi connectivity index (χ3n) is 1.28. The van der Waals surface area contributed by atoms with Gasteiger partial charge in [0.25, 0.3) is 0 Å². The van der Waals surface area contributed by atoms with Crippen LogP contribution in [0.15, 0.2) is 24.3 Å². The number of hydrogen-bond acceptors (Lipinski definition) is 2. The van der Waals surface area contributed by atoms with E-state index in [2.05, 4.69) is 0 Å². The number of benzene rings is 1. The topological polar surface area (TPSA) is 60.2 Å². The molecule has 3 nitrogen and oxygen atoms in total. The first-order chi connectivity index (χ1) is 5.47. The van der Waals surface area contributed by atoms with Crippen LogP contribution in [0, 0.1) is 5.82 Å². The Balaban J connectivity index is 0. The van der Waals surface area contributed by atoms with Crippen molar-refractivity contribution in [1.29, 1.82) is 0 Å². The molecule has 0 aromatic heterocycles. The molecule has 1 aromatic rings. The molecule has 0 saturated carbocycles. The van der Waals surface area contributed by atoms with Gasteiger partial charge in [0.2, 0.25) is 10.0 Å². The summed E-state index contributed by atoms with van der Waals surface area (Å²) >= 11 is 0. The predicted octanol–water partition coefficient (Wildman–Crippen LogP) is -2.27. The maximum Gasteiger partial charge on any atom is 1.00 e. The predicted molar refractivity (Wildman–Crippen MR) is 44.3 cm³/mol. The fourth-order valence-corrected chi connectivity index (χ4v) is 1.47. The first-order valence-electron chi connectivity index (χ1n) is 3.22. The zero-order chi connectivity index (χ0) is 9.19. The molecule has 6 heteroatoms. The number of sulfonamides is 1. The number of primary sulfonamides is 1. The van der Waals surface area contributed by atoms with E-state index in [-0.39, 0.29) is 58.6 Å². The van der Waals surface area contributed by atoms with Crippen molar-refractivity contribution in [3.05, 3.63) is 35.6 Å². The van der Waals surface area contributed by atoms with Crippen LogP contribution in [0.1, 0.15) is 6.99 Å². The van der Waals surface area contributed by atoms with Crippen molar-refractivity contribution in [2.24, 2.45) is 5.14 Å². The quantitative estimate of drug-likeness (QED) is 0.581. The van der Waals surface area contributed by atoms with E-state index in [1.165, 1.54) is 24.3 Å². The summed E-state index contributed by atoms with van der Waals surface area (Å²) in [7, 11) is -3.51. The second-order valence-corrected chi connectivity index (χ2v) is 4.05. The second kappa shape index (κ2) is 5.55. The summed E-state index contributed by atoms with van der Waals surface area (Å²) in [4.78, 5) is 0. The van der Waals surface area contributed by atoms with Crippen LogP contribution in [-0.4, -0.2) is 8.42 Å². The van der Waals surface area contributed by atoms with Crippen LogP contribution < -0.4 is 56.5 Å². The van der Waals surface area contributed by atoms with E-state index in [4.69, 9.17) is 5.14 Å². The third-order valence-corrected chi connectivity index (χ3v) is 2.02. The van der Waals surface area contributed by atoms with Gasteiger partial charge in [-0.25, -0.2) is 17.9 Å². The maximum absolute atomic E-state index is 12.3. The summed E-state index contributed by atoms with van der Waals surface area (Å²) in [6.45, 7) is 0. The minimum Gasteiger partial charge on any atom is -1.00 e. The smallest absolute Gasteiger partial charge is 1.00 e. The van der Waals surface area contributed by atoms with Crippen LogP contribution in [0.3, 0.4) is 0 Å². The third kappa shape index (κ3) is 5.90. The first kappa shape index (κ1) is 13.7. The molecule has 0 bridgehead atoms. The molecule has 0 radical (unpaired) electrons. The summed E-state index contributed by atoms with van der Waals surface area (Å²) in [5.41, 5.74) is 0.485. The van der Waals surface area contributed by atoms with E-state index in [1.54, 1.807) is 0 Å². The first-order valence-corrected chi connectivity index (χ1v) is 4.94. The summed E-state index contributed by atoms with van der Waals surface area (Å²) < 4.78 is 33.5. The summed E-state index contributed by atoms with van der Waals surface area (Å²) in [6.07, 6.45) is 0. The monoisotopic (exact) mass is 229 g/mol. The minimum atomic E-state index is -3.51. The van der Waals surface area contributed by atoms with Gasteiger partial charge in [-0.3, -0.25) is 0 Å². The molecule has 0 unspecified atom stereocenters. The molecule has 0 saturated heterocycles. The van der Waals surface area contributed by atoms with Crippen molar-refractivity contribution >= 4 is 10.0 Å². The van der Waals surface area contributed by atoms with Gasteiger partial charge in [-0.1, -0.05) is 12.1 Å². The zero-order valence-corrected chi connectivity index (χ0v) is 11.1. The van der Waals surface area contributed by atoms with Gasteiger partial charge in [-0.05, 0) is 17.7 Å². The molecule has 0 heterocycles. The molecule has 0 atom stereocenters. The second-order valence-electron chi connectivity index (χ2n) is 2.43. The average Bonchev–Trinajstić information content (AvgIpc) is 1.91. The largest absolute Gasteiger partial charge is 1.00 e. The van der Waals surface area contributed by atoms with Gasteiger partial charge in [0, 0.05) is 0 Å². The molecule has 1 rings (SSSR count). The average molecular weight is 229 g/mol. The van der Waals surface area contributed by atoms with Crippen LogP contribution in [0.2, 0.25) is 0 Å². The minimum absolute atomic E-state index is 0. The van der Waals surface area contributed by atoms with Crippen molar-refractivity contribution in [3.63, 3.8) is 0 Å². The molecule has 0 fully saturated rings. The van der Waals surface area contributed by atoms with Gasteiger partial charge in [-0.2, -0.15) is 0 Å². The summed E-state index contributed by atoms with van der Waals surface area (Å²) in [6, 6.07) is 5.17. The van der Waals surface area contributed by atoms with Gasteiger partial charge < -0.3 is 1.43 Å². The van der Waals surface area contributed by atoms with E-state index in [9.17, 15) is 12.8 Å². The zero-order valence-electron chi connectivity index (χ0n) is 8.20. The number of hydrogen-bond donors (Lipinski definition) is 1. The molecule has 0 aliphatic rings. The fourth-order valence-electron chi connectivity index (χ4n) is 0.813. The van der Waals surface area contributed by atoms with E-state index in [1.807, 2.05) is 0 Å². The normalized spacial score (nSPS) is 10.6. The van der Waals surface area contributed by atoms with Crippen LogP contribution in [0.4, 0.5) is 4.39 Å². The van der Waals surface area contributed by atoms with Gasteiger partial charge in [-0.15, -0.1) is 0 Å². The van der Waals surface area contributed by atoms with Gasteiger partial charge in [0.1, 0.15) is 5.82 Å². The van der Waals surface area contributed by atoms with Crippen LogP contribution in [0.25, 0.3) is 0 Å². The van der Waals surface area contributed by atoms with E-state index in [0.29, 0.717) is 5.56 Å². The molecule has 0 aliphatic heterocycles. The fraction of sp³-hybridized carbons (Fsp3) is 0.143. The number of rotatable bonds is 2. The Kier molecular flexibility index (Phi) is 5.84. The number of nitrogens with two attached hydrogens (primary N) is 1. The molecule has 0 amide bonds. The Labute approximate surface area is 120 Å². The molecule has 68 valence electrons. The van der Waals surface area contributed by atoms with Crippen molar-refractivity contribution in [2.45, 2.75) is 5.75 Å². The molecular formula is C7H9FKNO2S. The molecular weight excluding hydrogens is 220 g/mol. The SMILES string of the molecule is NS(=O)(=O)Cc1ccc(F)cc1.[H-].[K+]. The Hall–Kier alpha value is 0.696. The van der Waals surface area contributed by atoms with Crippen LogP contribution in [0.5, 0.6) is 0 Å².